The minimum Gasteiger partial charge on any atom is -0.461 e. The van der Waals surface area contributed by atoms with Crippen molar-refractivity contribution in [3.8, 4) is 0 Å². The number of anilines is 2. The lowest BCUT2D eigenvalue weighted by atomic mass is 9.54. The molecule has 1 N–H and O–H groups in total. The Labute approximate surface area is 183 Å². The average Bonchev–Trinajstić information content (AvgIpc) is 3.21. The Morgan fingerprint density at radius 2 is 1.90 bits per heavy atom. The van der Waals surface area contributed by atoms with Crippen LogP contribution in [0.3, 0.4) is 0 Å². The monoisotopic (exact) mass is 450 g/mol. The van der Waals surface area contributed by atoms with Crippen molar-refractivity contribution in [2.45, 2.75) is 58.2 Å². The molecule has 2 aromatic rings. The first-order valence-corrected chi connectivity index (χ1v) is 11.5. The van der Waals surface area contributed by atoms with E-state index in [0.29, 0.717) is 10.8 Å². The van der Waals surface area contributed by atoms with E-state index in [1.54, 1.807) is 11.3 Å². The topological polar surface area (TPSA) is 51.2 Å². The maximum atomic E-state index is 12.8. The summed E-state index contributed by atoms with van der Waals surface area (Å²) >= 11 is 1.57. The average molecular weight is 451 g/mol. The van der Waals surface area contributed by atoms with E-state index in [-0.39, 0.29) is 41.2 Å². The zero-order chi connectivity index (χ0) is 22.1. The minimum atomic E-state index is -4.35. The summed E-state index contributed by atoms with van der Waals surface area (Å²) in [6, 6.07) is 5.00. The van der Waals surface area contributed by atoms with Crippen molar-refractivity contribution in [3.05, 3.63) is 40.4 Å². The van der Waals surface area contributed by atoms with Crippen LogP contribution < -0.4 is 5.32 Å². The summed E-state index contributed by atoms with van der Waals surface area (Å²) in [6.45, 7) is 6.44. The third-order valence-corrected chi connectivity index (χ3v) is 8.61. The summed E-state index contributed by atoms with van der Waals surface area (Å²) in [4.78, 5) is 18.3. The van der Waals surface area contributed by atoms with Crippen LogP contribution >= 0.6 is 11.3 Å². The molecule has 0 amide bonds. The number of ether oxygens (including phenoxy) is 1. The van der Waals surface area contributed by atoms with E-state index in [2.05, 4.69) is 19.2 Å². The van der Waals surface area contributed by atoms with Gasteiger partial charge in [-0.1, -0.05) is 20.8 Å². The van der Waals surface area contributed by atoms with E-state index in [9.17, 15) is 18.0 Å². The molecular weight excluding hydrogens is 425 g/mol. The van der Waals surface area contributed by atoms with Gasteiger partial charge in [-0.3, -0.25) is 4.79 Å². The first-order chi connectivity index (χ1) is 14.6. The van der Waals surface area contributed by atoms with Crippen LogP contribution in [0.2, 0.25) is 0 Å². The number of hydrogen-bond donors (Lipinski definition) is 1. The fraction of sp³-hybridized carbons (Fsp3) is 0.565. The van der Waals surface area contributed by atoms with Crippen LogP contribution in [0.5, 0.6) is 0 Å². The summed E-state index contributed by atoms with van der Waals surface area (Å²) < 4.78 is 44.3. The molecule has 4 nitrogen and oxygen atoms in total. The third-order valence-electron chi connectivity index (χ3n) is 7.62. The molecule has 0 spiro atoms. The number of nitrogens with zero attached hydrogens (tertiary/aromatic N) is 1. The molecule has 1 saturated heterocycles. The highest BCUT2D eigenvalue weighted by atomic mass is 32.1. The summed E-state index contributed by atoms with van der Waals surface area (Å²) in [5.41, 5.74) is 0.986. The zero-order valence-corrected chi connectivity index (χ0v) is 18.4. The summed E-state index contributed by atoms with van der Waals surface area (Å²) in [6.07, 6.45) is -1.46. The number of thiazole rings is 1. The molecule has 2 fully saturated rings. The van der Waals surface area contributed by atoms with Crippen LogP contribution in [0.1, 0.15) is 55.7 Å². The number of nitrogens with one attached hydrogen (secondary N) is 1. The number of hydrogen-bond acceptors (Lipinski definition) is 5. The Morgan fingerprint density at radius 3 is 2.58 bits per heavy atom. The number of aromatic nitrogens is 1. The standard InChI is InChI=1S/C23H25F3N2O2S/c1-11-15-8-9-22(3)10-16-18(12(2)17(22)19(15)30-20(11)29)28-21(31-16)27-14-6-4-13(5-7-14)23(24,25)26/h4-7,11-12,15,17,19H,8-10H2,1-3H3,(H,27,28). The summed E-state index contributed by atoms with van der Waals surface area (Å²) in [7, 11) is 0. The molecule has 1 aromatic carbocycles. The van der Waals surface area contributed by atoms with E-state index < -0.39 is 11.7 Å². The highest BCUT2D eigenvalue weighted by Gasteiger charge is 2.58. The molecule has 6 unspecified atom stereocenters. The zero-order valence-electron chi connectivity index (χ0n) is 17.6. The molecule has 1 aromatic heterocycles. The van der Waals surface area contributed by atoms with Gasteiger partial charge in [0.15, 0.2) is 5.13 Å². The van der Waals surface area contributed by atoms with Crippen LogP contribution in [-0.2, 0) is 22.1 Å². The number of fused-ring (bicyclic) bond motifs is 4. The Kier molecular flexibility index (Phi) is 4.66. The number of carbonyl (C=O) groups is 1. The first-order valence-electron chi connectivity index (χ1n) is 10.7. The van der Waals surface area contributed by atoms with Gasteiger partial charge in [-0.2, -0.15) is 13.2 Å². The van der Waals surface area contributed by atoms with Gasteiger partial charge in [0, 0.05) is 28.3 Å². The molecule has 5 rings (SSSR count). The number of benzene rings is 1. The molecule has 8 heteroatoms. The van der Waals surface area contributed by atoms with Crippen molar-refractivity contribution < 1.29 is 22.7 Å². The second kappa shape index (κ2) is 6.95. The Morgan fingerprint density at radius 1 is 1.19 bits per heavy atom. The number of esters is 1. The lowest BCUT2D eigenvalue weighted by Crippen LogP contribution is -2.50. The lowest BCUT2D eigenvalue weighted by Gasteiger charge is -2.51. The van der Waals surface area contributed by atoms with Crippen molar-refractivity contribution >= 4 is 28.1 Å². The minimum absolute atomic E-state index is 0.0459. The first kappa shape index (κ1) is 20.8. The number of rotatable bonds is 2. The predicted molar refractivity (Wildman–Crippen MR) is 112 cm³/mol. The van der Waals surface area contributed by atoms with Gasteiger partial charge in [0.2, 0.25) is 0 Å². The maximum absolute atomic E-state index is 12.8. The molecule has 2 aliphatic carbocycles. The molecule has 0 bridgehead atoms. The SMILES string of the molecule is CC1C(=O)OC2C1CCC1(C)Cc3sc(Nc4ccc(C(F)(F)F)cc4)nc3C(C)C21. The fourth-order valence-electron chi connectivity index (χ4n) is 6.00. The molecule has 166 valence electrons. The van der Waals surface area contributed by atoms with Gasteiger partial charge in [-0.15, -0.1) is 11.3 Å². The predicted octanol–water partition coefficient (Wildman–Crippen LogP) is 6.16. The van der Waals surface area contributed by atoms with Gasteiger partial charge in [-0.25, -0.2) is 4.98 Å². The molecule has 1 saturated carbocycles. The van der Waals surface area contributed by atoms with Crippen LogP contribution in [0, 0.1) is 23.2 Å². The van der Waals surface area contributed by atoms with Crippen molar-refractivity contribution in [1.29, 1.82) is 0 Å². The van der Waals surface area contributed by atoms with Gasteiger partial charge in [0.05, 0.1) is 17.2 Å². The van der Waals surface area contributed by atoms with Crippen LogP contribution in [0.15, 0.2) is 24.3 Å². The van der Waals surface area contributed by atoms with Crippen molar-refractivity contribution in [2.75, 3.05) is 5.32 Å². The quantitative estimate of drug-likeness (QED) is 0.557. The second-order valence-corrected chi connectivity index (χ2v) is 10.6. The fourth-order valence-corrected chi connectivity index (χ4v) is 7.28. The van der Waals surface area contributed by atoms with E-state index >= 15 is 0 Å². The van der Waals surface area contributed by atoms with Gasteiger partial charge in [0.25, 0.3) is 0 Å². The van der Waals surface area contributed by atoms with Crippen molar-refractivity contribution in [1.82, 2.24) is 4.98 Å². The Bertz CT molecular complexity index is 1020. The van der Waals surface area contributed by atoms with Gasteiger partial charge in [0.1, 0.15) is 6.10 Å². The van der Waals surface area contributed by atoms with Crippen LogP contribution in [0.25, 0.3) is 0 Å². The summed E-state index contributed by atoms with van der Waals surface area (Å²) in [5, 5.41) is 3.86. The third kappa shape index (κ3) is 3.34. The molecule has 1 aliphatic heterocycles. The second-order valence-electron chi connectivity index (χ2n) is 9.57. The normalized spacial score (nSPS) is 34.5. The highest BCUT2D eigenvalue weighted by Crippen LogP contribution is 2.59. The van der Waals surface area contributed by atoms with Crippen molar-refractivity contribution in [2.24, 2.45) is 23.2 Å². The van der Waals surface area contributed by atoms with Crippen LogP contribution in [-0.4, -0.2) is 17.1 Å². The molecule has 2 heterocycles. The molecule has 31 heavy (non-hydrogen) atoms. The highest BCUT2D eigenvalue weighted by molar-refractivity contribution is 7.15. The largest absolute Gasteiger partial charge is 0.461 e. The molecular formula is C23H25F3N2O2S. The van der Waals surface area contributed by atoms with Gasteiger partial charge < -0.3 is 10.1 Å². The van der Waals surface area contributed by atoms with Crippen molar-refractivity contribution in [3.63, 3.8) is 0 Å². The maximum Gasteiger partial charge on any atom is 0.416 e. The molecule has 6 atom stereocenters. The summed E-state index contributed by atoms with van der Waals surface area (Å²) in [5.74, 6) is 0.529. The van der Waals surface area contributed by atoms with Gasteiger partial charge in [-0.05, 0) is 48.9 Å². The Balaban J connectivity index is 1.41. The van der Waals surface area contributed by atoms with E-state index in [4.69, 9.17) is 9.72 Å². The van der Waals surface area contributed by atoms with Gasteiger partial charge >= 0.3 is 12.1 Å². The van der Waals surface area contributed by atoms with Crippen LogP contribution in [0.4, 0.5) is 24.0 Å². The Hall–Kier alpha value is -2.09. The number of halogens is 3. The lowest BCUT2D eigenvalue weighted by molar-refractivity contribution is -0.149. The molecule has 3 aliphatic rings. The smallest absolute Gasteiger partial charge is 0.416 e. The van der Waals surface area contributed by atoms with E-state index in [1.165, 1.54) is 17.0 Å². The number of alkyl halides is 3. The van der Waals surface area contributed by atoms with E-state index in [0.717, 1.165) is 37.1 Å². The van der Waals surface area contributed by atoms with E-state index in [1.807, 2.05) is 6.92 Å². The number of carbonyl (C=O) groups excluding carboxylic acids is 1. The molecule has 0 radical (unpaired) electrons.